The van der Waals surface area contributed by atoms with E-state index in [0.29, 0.717) is 34.5 Å². The summed E-state index contributed by atoms with van der Waals surface area (Å²) < 4.78 is 0. The molecule has 0 radical (unpaired) electrons. The number of aromatic amines is 1. The average molecular weight is 293 g/mol. The van der Waals surface area contributed by atoms with Gasteiger partial charge in [0, 0.05) is 18.8 Å². The fourth-order valence-corrected chi connectivity index (χ4v) is 1.90. The quantitative estimate of drug-likeness (QED) is 0.564. The number of aromatic nitrogens is 6. The summed E-state index contributed by atoms with van der Waals surface area (Å²) in [5, 5.41) is 0. The van der Waals surface area contributed by atoms with Crippen molar-refractivity contribution in [3.8, 4) is 23.5 Å². The molecule has 0 aliphatic carbocycles. The van der Waals surface area contributed by atoms with Crippen LogP contribution in [0.4, 0.5) is 5.82 Å². The minimum absolute atomic E-state index is 0.307. The predicted molar refractivity (Wildman–Crippen MR) is 83.5 cm³/mol. The number of nitrogen functional groups attached to an aromatic ring is 1. The van der Waals surface area contributed by atoms with Crippen LogP contribution in [0.1, 0.15) is 32.0 Å². The first-order chi connectivity index (χ1) is 10.8. The van der Waals surface area contributed by atoms with Crippen LogP contribution in [0.15, 0.2) is 18.5 Å². The Hall–Kier alpha value is -3.01. The number of hydrogen-bond donors (Lipinski definition) is 2. The van der Waals surface area contributed by atoms with Crippen LogP contribution in [0.2, 0.25) is 0 Å². The highest BCUT2D eigenvalue weighted by atomic mass is 15.1. The molecule has 0 aliphatic rings. The van der Waals surface area contributed by atoms with Gasteiger partial charge in [-0.1, -0.05) is 19.3 Å². The van der Waals surface area contributed by atoms with E-state index in [9.17, 15) is 0 Å². The number of anilines is 1. The first-order valence-electron chi connectivity index (χ1n) is 7.07. The third kappa shape index (κ3) is 2.86. The van der Waals surface area contributed by atoms with E-state index in [2.05, 4.69) is 48.7 Å². The molecule has 3 aromatic rings. The minimum Gasteiger partial charge on any atom is -0.382 e. The number of fused-ring (bicyclic) bond motifs is 1. The van der Waals surface area contributed by atoms with Crippen LogP contribution in [-0.2, 0) is 0 Å². The van der Waals surface area contributed by atoms with Crippen molar-refractivity contribution in [1.82, 2.24) is 29.9 Å². The molecule has 22 heavy (non-hydrogen) atoms. The van der Waals surface area contributed by atoms with E-state index in [1.807, 2.05) is 0 Å². The van der Waals surface area contributed by atoms with Crippen LogP contribution in [0.25, 0.3) is 22.8 Å². The maximum Gasteiger partial charge on any atom is 0.201 e. The summed E-state index contributed by atoms with van der Waals surface area (Å²) in [7, 11) is 0. The first kappa shape index (κ1) is 13.9. The van der Waals surface area contributed by atoms with E-state index in [1.165, 1.54) is 0 Å². The van der Waals surface area contributed by atoms with Crippen molar-refractivity contribution in [3.63, 3.8) is 0 Å². The predicted octanol–water partition coefficient (Wildman–Crippen LogP) is 1.93. The molecule has 0 aromatic carbocycles. The Bertz CT molecular complexity index is 843. The molecular weight excluding hydrogens is 278 g/mol. The van der Waals surface area contributed by atoms with E-state index in [0.717, 1.165) is 19.3 Å². The Morgan fingerprint density at radius 3 is 2.73 bits per heavy atom. The van der Waals surface area contributed by atoms with Gasteiger partial charge in [-0.3, -0.25) is 0 Å². The second-order valence-electron chi connectivity index (χ2n) is 4.69. The van der Waals surface area contributed by atoms with Crippen molar-refractivity contribution in [2.75, 3.05) is 5.73 Å². The van der Waals surface area contributed by atoms with Crippen LogP contribution in [-0.4, -0.2) is 29.9 Å². The van der Waals surface area contributed by atoms with Crippen LogP contribution >= 0.6 is 0 Å². The van der Waals surface area contributed by atoms with Crippen molar-refractivity contribution in [1.29, 1.82) is 0 Å². The largest absolute Gasteiger partial charge is 0.382 e. The van der Waals surface area contributed by atoms with E-state index >= 15 is 0 Å². The lowest BCUT2D eigenvalue weighted by atomic mass is 10.2. The summed E-state index contributed by atoms with van der Waals surface area (Å²) in [6, 6.07) is 1.73. The average Bonchev–Trinajstić information content (AvgIpc) is 2.96. The molecule has 7 heteroatoms. The molecule has 0 saturated carbocycles. The van der Waals surface area contributed by atoms with Crippen LogP contribution < -0.4 is 5.73 Å². The lowest BCUT2D eigenvalue weighted by Crippen LogP contribution is -1.99. The van der Waals surface area contributed by atoms with Gasteiger partial charge < -0.3 is 10.7 Å². The second-order valence-corrected chi connectivity index (χ2v) is 4.69. The molecular formula is C15H15N7. The zero-order valence-electron chi connectivity index (χ0n) is 12.2. The number of nitrogens with two attached hydrogens (primary N) is 1. The van der Waals surface area contributed by atoms with Gasteiger partial charge in [0.05, 0.1) is 0 Å². The van der Waals surface area contributed by atoms with Crippen molar-refractivity contribution in [3.05, 3.63) is 24.3 Å². The van der Waals surface area contributed by atoms with E-state index in [4.69, 9.17) is 5.73 Å². The molecule has 3 N–H and O–H groups in total. The highest BCUT2D eigenvalue weighted by Gasteiger charge is 2.12. The molecule has 0 unspecified atom stereocenters. The first-order valence-corrected chi connectivity index (χ1v) is 7.07. The summed E-state index contributed by atoms with van der Waals surface area (Å²) in [6.07, 6.45) is 6.29. The van der Waals surface area contributed by atoms with E-state index < -0.39 is 0 Å². The van der Waals surface area contributed by atoms with Crippen molar-refractivity contribution in [2.24, 2.45) is 0 Å². The highest BCUT2D eigenvalue weighted by Crippen LogP contribution is 2.18. The summed E-state index contributed by atoms with van der Waals surface area (Å²) in [4.78, 5) is 24.2. The molecule has 0 atom stereocenters. The minimum atomic E-state index is 0.307. The Morgan fingerprint density at radius 1 is 1.14 bits per heavy atom. The number of H-pyrrole nitrogens is 1. The number of nitrogens with zero attached hydrogens (tertiary/aromatic N) is 5. The monoisotopic (exact) mass is 293 g/mol. The molecule has 3 rings (SSSR count). The van der Waals surface area contributed by atoms with E-state index in [1.54, 1.807) is 18.5 Å². The van der Waals surface area contributed by atoms with Crippen LogP contribution in [0.5, 0.6) is 0 Å². The topological polar surface area (TPSA) is 106 Å². The summed E-state index contributed by atoms with van der Waals surface area (Å²) in [5.41, 5.74) is 7.01. The number of imidazole rings is 1. The number of rotatable bonds is 3. The normalized spacial score (nSPS) is 10.4. The number of unbranched alkanes of at least 4 members (excludes halogenated alkanes) is 2. The maximum absolute atomic E-state index is 5.96. The van der Waals surface area contributed by atoms with Gasteiger partial charge in [-0.25, -0.2) is 24.9 Å². The van der Waals surface area contributed by atoms with Gasteiger partial charge in [-0.05, 0) is 18.4 Å². The molecule has 0 amide bonds. The number of hydrogen-bond acceptors (Lipinski definition) is 6. The molecule has 0 spiro atoms. The van der Waals surface area contributed by atoms with Gasteiger partial charge in [0.2, 0.25) is 5.82 Å². The molecule has 0 bridgehead atoms. The summed E-state index contributed by atoms with van der Waals surface area (Å²) in [6.45, 7) is 2.13. The van der Waals surface area contributed by atoms with Gasteiger partial charge in [0.1, 0.15) is 5.52 Å². The van der Waals surface area contributed by atoms with Gasteiger partial charge in [-0.15, -0.1) is 0 Å². The molecule has 7 nitrogen and oxygen atoms in total. The smallest absolute Gasteiger partial charge is 0.201 e. The molecule has 0 saturated heterocycles. The fraction of sp³-hybridized carbons (Fsp3) is 0.267. The van der Waals surface area contributed by atoms with Crippen LogP contribution in [0, 0.1) is 11.8 Å². The summed E-state index contributed by atoms with van der Waals surface area (Å²) in [5.74, 6) is 7.66. The lowest BCUT2D eigenvalue weighted by molar-refractivity contribution is 0.828. The van der Waals surface area contributed by atoms with Gasteiger partial charge in [0.15, 0.2) is 23.1 Å². The summed E-state index contributed by atoms with van der Waals surface area (Å²) >= 11 is 0. The fourth-order valence-electron chi connectivity index (χ4n) is 1.90. The standard InChI is InChI=1S/C15H15N7/c1-2-3-4-5-7-10-19-11-12(16)21-15(22-13(11)20-10)14-17-8-6-9-18-14/h6,8-9H,2-4H2,1H3,(H3,16,19,20,21,22). The highest BCUT2D eigenvalue weighted by molar-refractivity contribution is 5.83. The molecule has 3 heterocycles. The lowest BCUT2D eigenvalue weighted by Gasteiger charge is -1.99. The van der Waals surface area contributed by atoms with Crippen molar-refractivity contribution >= 4 is 17.0 Å². The zero-order valence-corrected chi connectivity index (χ0v) is 12.2. The van der Waals surface area contributed by atoms with Gasteiger partial charge >= 0.3 is 0 Å². The second kappa shape index (κ2) is 6.18. The number of nitrogens with one attached hydrogen (secondary N) is 1. The van der Waals surface area contributed by atoms with Crippen LogP contribution in [0.3, 0.4) is 0 Å². The Morgan fingerprint density at radius 2 is 1.95 bits per heavy atom. The third-order valence-corrected chi connectivity index (χ3v) is 3.01. The molecule has 0 fully saturated rings. The molecule has 0 aliphatic heterocycles. The Kier molecular flexibility index (Phi) is 3.92. The van der Waals surface area contributed by atoms with Gasteiger partial charge in [-0.2, -0.15) is 0 Å². The van der Waals surface area contributed by atoms with Crippen molar-refractivity contribution in [2.45, 2.75) is 26.2 Å². The van der Waals surface area contributed by atoms with Gasteiger partial charge in [0.25, 0.3) is 0 Å². The molecule has 3 aromatic heterocycles. The Labute approximate surface area is 127 Å². The third-order valence-electron chi connectivity index (χ3n) is 3.01. The maximum atomic E-state index is 5.96. The Balaban J connectivity index is 1.98. The molecule has 110 valence electrons. The zero-order chi connectivity index (χ0) is 15.4. The SMILES string of the molecule is CCCCC#Cc1nc2nc(-c3ncccn3)nc(N)c2[nH]1. The van der Waals surface area contributed by atoms with E-state index in [-0.39, 0.29) is 0 Å². The van der Waals surface area contributed by atoms with Crippen molar-refractivity contribution < 1.29 is 0 Å².